The molecule has 1 aliphatic heterocycles. The topological polar surface area (TPSA) is 35.2 Å². The van der Waals surface area contributed by atoms with Gasteiger partial charge in [0.15, 0.2) is 0 Å². The zero-order valence-corrected chi connectivity index (χ0v) is 11.2. The predicted molar refractivity (Wildman–Crippen MR) is 70.2 cm³/mol. The monoisotopic (exact) mass is 291 g/mol. The molecule has 1 aromatic rings. The summed E-state index contributed by atoms with van der Waals surface area (Å²) in [4.78, 5) is 0.683. The van der Waals surface area contributed by atoms with Crippen LogP contribution >= 0.6 is 11.8 Å². The van der Waals surface area contributed by atoms with Crippen LogP contribution in [0.4, 0.5) is 18.9 Å². The zero-order chi connectivity index (χ0) is 13.9. The van der Waals surface area contributed by atoms with E-state index in [1.54, 1.807) is 0 Å². The molecular formula is C13H16F3NOS. The number of alkyl halides is 3. The number of ether oxygens (including phenoxy) is 1. The van der Waals surface area contributed by atoms with E-state index in [4.69, 9.17) is 10.5 Å². The number of anilines is 1. The highest BCUT2D eigenvalue weighted by Crippen LogP contribution is 2.35. The summed E-state index contributed by atoms with van der Waals surface area (Å²) >= 11 is 1.46. The summed E-state index contributed by atoms with van der Waals surface area (Å²) in [7, 11) is 0. The van der Waals surface area contributed by atoms with E-state index in [-0.39, 0.29) is 11.8 Å². The van der Waals surface area contributed by atoms with Crippen LogP contribution in [0.25, 0.3) is 0 Å². The Balaban J connectivity index is 1.97. The summed E-state index contributed by atoms with van der Waals surface area (Å²) in [5.74, 6) is 0.732. The highest BCUT2D eigenvalue weighted by atomic mass is 32.2. The lowest BCUT2D eigenvalue weighted by molar-refractivity contribution is -0.137. The number of thioether (sulfide) groups is 1. The third-order valence-corrected chi connectivity index (χ3v) is 4.26. The molecule has 1 unspecified atom stereocenters. The fourth-order valence-corrected chi connectivity index (χ4v) is 3.00. The van der Waals surface area contributed by atoms with E-state index in [2.05, 4.69) is 0 Å². The van der Waals surface area contributed by atoms with E-state index in [0.717, 1.165) is 43.8 Å². The number of halogens is 3. The molecule has 1 atom stereocenters. The van der Waals surface area contributed by atoms with Gasteiger partial charge in [0.1, 0.15) is 0 Å². The third kappa shape index (κ3) is 4.04. The van der Waals surface area contributed by atoms with Gasteiger partial charge in [-0.15, -0.1) is 11.8 Å². The van der Waals surface area contributed by atoms with E-state index in [9.17, 15) is 13.2 Å². The summed E-state index contributed by atoms with van der Waals surface area (Å²) in [5, 5.41) is 0. The van der Waals surface area contributed by atoms with E-state index in [1.165, 1.54) is 17.8 Å². The molecule has 1 heterocycles. The van der Waals surface area contributed by atoms with Crippen LogP contribution in [0.3, 0.4) is 0 Å². The number of hydrogen-bond donors (Lipinski definition) is 1. The van der Waals surface area contributed by atoms with Crippen molar-refractivity contribution in [1.82, 2.24) is 0 Å². The lowest BCUT2D eigenvalue weighted by Crippen LogP contribution is -2.21. The molecule has 0 bridgehead atoms. The molecule has 2 nitrogen and oxygen atoms in total. The predicted octanol–water partition coefficient (Wildman–Crippen LogP) is 3.95. The van der Waals surface area contributed by atoms with E-state index in [0.29, 0.717) is 4.90 Å². The fraction of sp³-hybridized carbons (Fsp3) is 0.538. The molecule has 0 amide bonds. The minimum absolute atomic E-state index is 0.177. The number of nitrogens with two attached hydrogens (primary N) is 1. The summed E-state index contributed by atoms with van der Waals surface area (Å²) in [6.07, 6.45) is -0.922. The summed E-state index contributed by atoms with van der Waals surface area (Å²) in [6.45, 7) is 0.772. The first-order valence-electron chi connectivity index (χ1n) is 6.18. The summed E-state index contributed by atoms with van der Waals surface area (Å²) in [5.41, 5.74) is 5.14. The Morgan fingerprint density at radius 3 is 2.68 bits per heavy atom. The van der Waals surface area contributed by atoms with Gasteiger partial charge in [-0.05, 0) is 37.5 Å². The van der Waals surface area contributed by atoms with Crippen molar-refractivity contribution >= 4 is 17.4 Å². The number of rotatable bonds is 3. The Morgan fingerprint density at radius 1 is 1.32 bits per heavy atom. The normalized spacial score (nSPS) is 20.5. The number of benzene rings is 1. The van der Waals surface area contributed by atoms with Crippen molar-refractivity contribution in [2.24, 2.45) is 0 Å². The first-order chi connectivity index (χ1) is 8.97. The standard InChI is InChI=1S/C13H16F3NOS/c14-13(15,16)9-4-5-12(11(17)7-9)19-8-10-3-1-2-6-18-10/h4-5,7,10H,1-3,6,8,17H2. The maximum Gasteiger partial charge on any atom is 0.416 e. The molecule has 0 aliphatic carbocycles. The molecule has 1 aliphatic rings. The van der Waals surface area contributed by atoms with Crippen LogP contribution in [-0.2, 0) is 10.9 Å². The Kier molecular flexibility index (Phi) is 4.62. The smallest absolute Gasteiger partial charge is 0.398 e. The Bertz CT molecular complexity index is 430. The molecule has 0 saturated carbocycles. The Morgan fingerprint density at radius 2 is 2.11 bits per heavy atom. The number of nitrogen functional groups attached to an aromatic ring is 1. The van der Waals surface area contributed by atoms with Crippen LogP contribution < -0.4 is 5.73 Å². The Labute approximate surface area is 114 Å². The first kappa shape index (κ1) is 14.5. The zero-order valence-electron chi connectivity index (χ0n) is 10.4. The van der Waals surface area contributed by atoms with E-state index < -0.39 is 11.7 Å². The van der Waals surface area contributed by atoms with Crippen LogP contribution in [0, 0.1) is 0 Å². The summed E-state index contributed by atoms with van der Waals surface area (Å²) in [6, 6.07) is 3.50. The van der Waals surface area contributed by atoms with Crippen molar-refractivity contribution < 1.29 is 17.9 Å². The molecular weight excluding hydrogens is 275 g/mol. The largest absolute Gasteiger partial charge is 0.416 e. The molecule has 0 aromatic heterocycles. The van der Waals surface area contributed by atoms with Gasteiger partial charge < -0.3 is 10.5 Å². The maximum atomic E-state index is 12.5. The van der Waals surface area contributed by atoms with Crippen molar-refractivity contribution in [2.75, 3.05) is 18.1 Å². The van der Waals surface area contributed by atoms with Gasteiger partial charge in [0.25, 0.3) is 0 Å². The maximum absolute atomic E-state index is 12.5. The van der Waals surface area contributed by atoms with E-state index >= 15 is 0 Å². The van der Waals surface area contributed by atoms with Crippen LogP contribution in [0.1, 0.15) is 24.8 Å². The lowest BCUT2D eigenvalue weighted by Gasteiger charge is -2.22. The van der Waals surface area contributed by atoms with Crippen LogP contribution in [-0.4, -0.2) is 18.5 Å². The van der Waals surface area contributed by atoms with Crippen molar-refractivity contribution in [3.05, 3.63) is 23.8 Å². The van der Waals surface area contributed by atoms with Gasteiger partial charge in [0, 0.05) is 22.9 Å². The van der Waals surface area contributed by atoms with Gasteiger partial charge in [-0.25, -0.2) is 0 Å². The molecule has 2 rings (SSSR count). The molecule has 1 fully saturated rings. The molecule has 1 aromatic carbocycles. The van der Waals surface area contributed by atoms with Crippen molar-refractivity contribution in [1.29, 1.82) is 0 Å². The second kappa shape index (κ2) is 6.05. The average molecular weight is 291 g/mol. The van der Waals surface area contributed by atoms with Crippen molar-refractivity contribution in [2.45, 2.75) is 36.4 Å². The van der Waals surface area contributed by atoms with Gasteiger partial charge in [-0.2, -0.15) is 13.2 Å². The fourth-order valence-electron chi connectivity index (χ4n) is 1.98. The van der Waals surface area contributed by atoms with Crippen LogP contribution in [0.15, 0.2) is 23.1 Å². The molecule has 6 heteroatoms. The van der Waals surface area contributed by atoms with Gasteiger partial charge in [-0.1, -0.05) is 0 Å². The first-order valence-corrected chi connectivity index (χ1v) is 7.16. The molecule has 106 valence electrons. The highest BCUT2D eigenvalue weighted by Gasteiger charge is 2.30. The lowest BCUT2D eigenvalue weighted by atomic mass is 10.1. The molecule has 2 N–H and O–H groups in total. The van der Waals surface area contributed by atoms with Gasteiger partial charge >= 0.3 is 6.18 Å². The Hall–Kier alpha value is -0.880. The third-order valence-electron chi connectivity index (χ3n) is 3.04. The summed E-state index contributed by atoms with van der Waals surface area (Å²) < 4.78 is 43.1. The minimum atomic E-state index is -4.34. The average Bonchev–Trinajstić information content (AvgIpc) is 2.37. The van der Waals surface area contributed by atoms with Crippen LogP contribution in [0.2, 0.25) is 0 Å². The van der Waals surface area contributed by atoms with Gasteiger partial charge in [0.05, 0.1) is 11.7 Å². The molecule has 19 heavy (non-hydrogen) atoms. The second-order valence-corrected chi connectivity index (χ2v) is 5.61. The van der Waals surface area contributed by atoms with Crippen molar-refractivity contribution in [3.63, 3.8) is 0 Å². The molecule has 1 saturated heterocycles. The second-order valence-electron chi connectivity index (χ2n) is 4.55. The van der Waals surface area contributed by atoms with E-state index in [1.807, 2.05) is 0 Å². The number of hydrogen-bond acceptors (Lipinski definition) is 3. The van der Waals surface area contributed by atoms with Gasteiger partial charge in [0.2, 0.25) is 0 Å². The van der Waals surface area contributed by atoms with Crippen molar-refractivity contribution in [3.8, 4) is 0 Å². The minimum Gasteiger partial charge on any atom is -0.398 e. The molecule has 0 radical (unpaired) electrons. The quantitative estimate of drug-likeness (QED) is 0.676. The van der Waals surface area contributed by atoms with Crippen LogP contribution in [0.5, 0.6) is 0 Å². The SMILES string of the molecule is Nc1cc(C(F)(F)F)ccc1SCC1CCCCO1. The van der Waals surface area contributed by atoms with Gasteiger partial charge in [-0.3, -0.25) is 0 Å². The molecule has 0 spiro atoms. The highest BCUT2D eigenvalue weighted by molar-refractivity contribution is 7.99.